The molecule has 0 spiro atoms. The minimum Gasteiger partial charge on any atom is -0.358 e. The number of nitrogens with one attached hydrogen (secondary N) is 2. The monoisotopic (exact) mass is 405 g/mol. The lowest BCUT2D eigenvalue weighted by molar-refractivity contribution is 0.102. The fourth-order valence-electron chi connectivity index (χ4n) is 2.96. The van der Waals surface area contributed by atoms with Crippen LogP contribution in [0.25, 0.3) is 0 Å². The molecule has 0 bridgehead atoms. The Morgan fingerprint density at radius 1 is 1.04 bits per heavy atom. The van der Waals surface area contributed by atoms with Gasteiger partial charge in [0.25, 0.3) is 5.91 Å². The van der Waals surface area contributed by atoms with Crippen molar-refractivity contribution in [3.8, 4) is 0 Å². The van der Waals surface area contributed by atoms with Gasteiger partial charge in [-0.25, -0.2) is 4.98 Å². The molecule has 2 N–H and O–H groups in total. The first-order valence-corrected chi connectivity index (χ1v) is 10.6. The minimum absolute atomic E-state index is 0.0917. The van der Waals surface area contributed by atoms with Gasteiger partial charge >= 0.3 is 0 Å². The second-order valence-corrected chi connectivity index (χ2v) is 8.51. The Morgan fingerprint density at radius 2 is 1.86 bits per heavy atom. The Labute approximate surface area is 171 Å². The molecule has 6 heteroatoms. The van der Waals surface area contributed by atoms with Crippen LogP contribution in [0.15, 0.2) is 78.3 Å². The number of aromatic nitrogens is 1. The lowest BCUT2D eigenvalue weighted by Gasteiger charge is -2.19. The van der Waals surface area contributed by atoms with Crippen molar-refractivity contribution in [2.24, 2.45) is 0 Å². The Bertz CT molecular complexity index is 1040. The molecule has 0 unspecified atom stereocenters. The quantitative estimate of drug-likeness (QED) is 0.416. The third-order valence-electron chi connectivity index (χ3n) is 4.24. The van der Waals surface area contributed by atoms with E-state index in [0.29, 0.717) is 5.56 Å². The van der Waals surface area contributed by atoms with E-state index in [0.717, 1.165) is 21.3 Å². The van der Waals surface area contributed by atoms with Gasteiger partial charge in [-0.05, 0) is 48.7 Å². The van der Waals surface area contributed by atoms with E-state index in [1.54, 1.807) is 28.9 Å². The van der Waals surface area contributed by atoms with Crippen LogP contribution in [-0.4, -0.2) is 10.9 Å². The van der Waals surface area contributed by atoms with E-state index in [1.165, 1.54) is 4.88 Å². The van der Waals surface area contributed by atoms with Gasteiger partial charge in [-0.2, -0.15) is 0 Å². The lowest BCUT2D eigenvalue weighted by atomic mass is 10.1. The highest BCUT2D eigenvalue weighted by Gasteiger charge is 2.22. The van der Waals surface area contributed by atoms with Gasteiger partial charge in [-0.15, -0.1) is 22.7 Å². The number of nitrogens with zero attached hydrogens (tertiary/aromatic N) is 1. The molecule has 3 aromatic heterocycles. The van der Waals surface area contributed by atoms with Crippen LogP contribution in [0.1, 0.15) is 31.7 Å². The summed E-state index contributed by atoms with van der Waals surface area (Å²) in [6.45, 7) is 2.05. The molecule has 0 fully saturated rings. The molecule has 1 amide bonds. The summed E-state index contributed by atoms with van der Waals surface area (Å²) in [6, 6.07) is 21.2. The van der Waals surface area contributed by atoms with Crippen LogP contribution in [0.2, 0.25) is 0 Å². The number of pyridine rings is 1. The van der Waals surface area contributed by atoms with Gasteiger partial charge in [0.15, 0.2) is 0 Å². The van der Waals surface area contributed by atoms with Crippen molar-refractivity contribution >= 4 is 39.4 Å². The molecule has 4 nitrogen and oxygen atoms in total. The third kappa shape index (κ3) is 4.13. The molecule has 1 atom stereocenters. The largest absolute Gasteiger partial charge is 0.358 e. The molecule has 28 heavy (non-hydrogen) atoms. The van der Waals surface area contributed by atoms with Crippen molar-refractivity contribution in [2.45, 2.75) is 13.0 Å². The SMILES string of the molecule is Cc1cc([C@H](Nc2ccccn2)c2cccs2)c(NC(=O)c2ccccc2)s1. The molecule has 0 aliphatic rings. The molecule has 0 radical (unpaired) electrons. The number of carbonyl (C=O) groups is 1. The van der Waals surface area contributed by atoms with Gasteiger partial charge in [-0.3, -0.25) is 4.79 Å². The maximum atomic E-state index is 12.7. The number of benzene rings is 1. The molecule has 1 aromatic carbocycles. The van der Waals surface area contributed by atoms with Gasteiger partial charge in [0.05, 0.1) is 6.04 Å². The summed E-state index contributed by atoms with van der Waals surface area (Å²) < 4.78 is 0. The van der Waals surface area contributed by atoms with Crippen LogP contribution >= 0.6 is 22.7 Å². The lowest BCUT2D eigenvalue weighted by Crippen LogP contribution is -2.16. The summed E-state index contributed by atoms with van der Waals surface area (Å²) in [4.78, 5) is 19.4. The van der Waals surface area contributed by atoms with E-state index in [2.05, 4.69) is 40.1 Å². The van der Waals surface area contributed by atoms with Crippen LogP contribution in [-0.2, 0) is 0 Å². The number of rotatable bonds is 6. The molecule has 0 saturated carbocycles. The van der Waals surface area contributed by atoms with Gasteiger partial charge in [0.2, 0.25) is 0 Å². The summed E-state index contributed by atoms with van der Waals surface area (Å²) in [5.41, 5.74) is 1.68. The fourth-order valence-corrected chi connectivity index (χ4v) is 4.70. The molecule has 140 valence electrons. The average Bonchev–Trinajstić information content (AvgIpc) is 3.38. The summed E-state index contributed by atoms with van der Waals surface area (Å²) in [5.74, 6) is 0.691. The van der Waals surface area contributed by atoms with Crippen molar-refractivity contribution in [2.75, 3.05) is 10.6 Å². The zero-order chi connectivity index (χ0) is 19.3. The molecule has 4 aromatic rings. The zero-order valence-corrected chi connectivity index (χ0v) is 16.9. The highest BCUT2D eigenvalue weighted by Crippen LogP contribution is 2.38. The van der Waals surface area contributed by atoms with E-state index in [9.17, 15) is 4.79 Å². The summed E-state index contributed by atoms with van der Waals surface area (Å²) in [7, 11) is 0. The van der Waals surface area contributed by atoms with Crippen LogP contribution in [0.5, 0.6) is 0 Å². The standard InChI is InChI=1S/C22H19N3OS2/c1-15-14-17(22(28-15)25-21(26)16-8-3-2-4-9-16)20(18-10-7-13-27-18)24-19-11-5-6-12-23-19/h2-14,20H,1H3,(H,23,24)(H,25,26)/t20-/m0/s1. The number of thiophene rings is 2. The van der Waals surface area contributed by atoms with Crippen molar-refractivity contribution in [1.82, 2.24) is 4.98 Å². The first-order chi connectivity index (χ1) is 13.7. The number of aryl methyl sites for hydroxylation is 1. The second-order valence-electron chi connectivity index (χ2n) is 6.27. The molecule has 0 saturated heterocycles. The van der Waals surface area contributed by atoms with E-state index < -0.39 is 0 Å². The number of anilines is 2. The third-order valence-corrected chi connectivity index (χ3v) is 6.16. The van der Waals surface area contributed by atoms with Crippen molar-refractivity contribution < 1.29 is 4.79 Å². The van der Waals surface area contributed by atoms with Crippen LogP contribution in [0, 0.1) is 6.92 Å². The van der Waals surface area contributed by atoms with Crippen molar-refractivity contribution in [1.29, 1.82) is 0 Å². The molecule has 0 aliphatic carbocycles. The Kier molecular flexibility index (Phi) is 5.50. The van der Waals surface area contributed by atoms with Crippen molar-refractivity contribution in [3.63, 3.8) is 0 Å². The molecular formula is C22H19N3OS2. The van der Waals surface area contributed by atoms with Crippen LogP contribution < -0.4 is 10.6 Å². The number of amides is 1. The van der Waals surface area contributed by atoms with Gasteiger partial charge in [-0.1, -0.05) is 30.3 Å². The zero-order valence-electron chi connectivity index (χ0n) is 15.3. The predicted octanol–water partition coefficient (Wildman–Crippen LogP) is 5.97. The van der Waals surface area contributed by atoms with E-state index in [-0.39, 0.29) is 11.9 Å². The van der Waals surface area contributed by atoms with Gasteiger partial charge in [0, 0.05) is 27.1 Å². The second kappa shape index (κ2) is 8.37. The fraction of sp³-hybridized carbons (Fsp3) is 0.0909. The predicted molar refractivity (Wildman–Crippen MR) is 117 cm³/mol. The number of hydrogen-bond acceptors (Lipinski definition) is 5. The summed E-state index contributed by atoms with van der Waals surface area (Å²) >= 11 is 3.27. The molecular weight excluding hydrogens is 386 g/mol. The smallest absolute Gasteiger partial charge is 0.256 e. The molecule has 4 rings (SSSR count). The molecule has 0 aliphatic heterocycles. The Morgan fingerprint density at radius 3 is 2.57 bits per heavy atom. The van der Waals surface area contributed by atoms with E-state index in [4.69, 9.17) is 0 Å². The van der Waals surface area contributed by atoms with E-state index in [1.807, 2.05) is 54.6 Å². The maximum Gasteiger partial charge on any atom is 0.256 e. The normalized spacial score (nSPS) is 11.8. The van der Waals surface area contributed by atoms with Gasteiger partial charge in [0.1, 0.15) is 10.8 Å². The van der Waals surface area contributed by atoms with Crippen molar-refractivity contribution in [3.05, 3.63) is 99.2 Å². The first-order valence-electron chi connectivity index (χ1n) is 8.88. The Balaban J connectivity index is 1.68. The van der Waals surface area contributed by atoms with E-state index >= 15 is 0 Å². The maximum absolute atomic E-state index is 12.7. The van der Waals surface area contributed by atoms with Gasteiger partial charge < -0.3 is 10.6 Å². The van der Waals surface area contributed by atoms with Crippen LogP contribution in [0.4, 0.5) is 10.8 Å². The average molecular weight is 406 g/mol. The summed E-state index contributed by atoms with van der Waals surface area (Å²) in [5, 5.41) is 9.53. The minimum atomic E-state index is -0.105. The van der Waals surface area contributed by atoms with Crippen LogP contribution in [0.3, 0.4) is 0 Å². The highest BCUT2D eigenvalue weighted by molar-refractivity contribution is 7.16. The highest BCUT2D eigenvalue weighted by atomic mass is 32.1. The topological polar surface area (TPSA) is 54.0 Å². The Hall–Kier alpha value is -2.96. The first kappa shape index (κ1) is 18.4. The molecule has 3 heterocycles. The number of hydrogen-bond donors (Lipinski definition) is 2. The number of carbonyl (C=O) groups excluding carboxylic acids is 1. The summed E-state index contributed by atoms with van der Waals surface area (Å²) in [6.07, 6.45) is 1.77.